The van der Waals surface area contributed by atoms with Crippen LogP contribution in [0.25, 0.3) is 10.2 Å². The molecule has 0 saturated heterocycles. The maximum atomic E-state index is 5.01. The molecule has 4 aromatic rings. The summed E-state index contributed by atoms with van der Waals surface area (Å²) < 4.78 is 1.25. The molecule has 0 bridgehead atoms. The van der Waals surface area contributed by atoms with E-state index in [1.807, 2.05) is 11.3 Å². The smallest absolute Gasteiger partial charge is 0.148 e. The van der Waals surface area contributed by atoms with Crippen molar-refractivity contribution in [2.45, 2.75) is 32.5 Å². The van der Waals surface area contributed by atoms with E-state index in [1.54, 1.807) is 0 Å². The summed E-state index contributed by atoms with van der Waals surface area (Å²) in [5.74, 6) is 6.66. The lowest BCUT2D eigenvalue weighted by Crippen LogP contribution is -2.08. The predicted octanol–water partition coefficient (Wildman–Crippen LogP) is 5.81. The number of aromatic nitrogens is 1. The zero-order valence-electron chi connectivity index (χ0n) is 16.9. The molecule has 3 aromatic carbocycles. The van der Waals surface area contributed by atoms with Crippen LogP contribution in [0.3, 0.4) is 0 Å². The Bertz CT molecular complexity index is 1170. The number of fused-ring (bicyclic) bond motifs is 1. The summed E-state index contributed by atoms with van der Waals surface area (Å²) in [6, 6.07) is 25.8. The van der Waals surface area contributed by atoms with Gasteiger partial charge in [-0.05, 0) is 41.8 Å². The molecule has 0 aliphatic heterocycles. The molecule has 141 valence electrons. The van der Waals surface area contributed by atoms with Gasteiger partial charge in [0.2, 0.25) is 0 Å². The summed E-state index contributed by atoms with van der Waals surface area (Å²) in [6.45, 7) is 4.15. The summed E-state index contributed by atoms with van der Waals surface area (Å²) in [5.41, 5.74) is 6.01. The van der Waals surface area contributed by atoms with Crippen molar-refractivity contribution >= 4 is 34.3 Å². The number of hydrogen-bond donors (Lipinski definition) is 0. The molecule has 0 N–H and O–H groups in total. The highest BCUT2D eigenvalue weighted by atomic mass is 32.1. The highest BCUT2D eigenvalue weighted by Crippen LogP contribution is 2.34. The molecule has 1 unspecified atom stereocenters. The molecule has 0 aliphatic rings. The van der Waals surface area contributed by atoms with Gasteiger partial charge in [-0.3, -0.25) is 0 Å². The van der Waals surface area contributed by atoms with E-state index in [9.17, 15) is 0 Å². The zero-order chi connectivity index (χ0) is 20.1. The topological polar surface area (TPSA) is 12.9 Å². The number of rotatable bonds is 5. The van der Waals surface area contributed by atoms with Crippen LogP contribution in [0.4, 0.5) is 0 Å². The average molecular weight is 392 g/mol. The Morgan fingerprint density at radius 1 is 1.00 bits per heavy atom. The Hall–Kier alpha value is -2.83. The highest BCUT2D eigenvalue weighted by molar-refractivity contribution is 7.18. The fraction of sp³-hybridized carbons (Fsp3) is 0.192. The highest BCUT2D eigenvalue weighted by Gasteiger charge is 2.19. The van der Waals surface area contributed by atoms with Crippen molar-refractivity contribution in [1.29, 1.82) is 0 Å². The molecule has 4 rings (SSSR count). The van der Waals surface area contributed by atoms with Crippen LogP contribution in [-0.2, 0) is 6.42 Å². The summed E-state index contributed by atoms with van der Waals surface area (Å²) in [4.78, 5) is 5.01. The van der Waals surface area contributed by atoms with E-state index in [-0.39, 0.29) is 5.92 Å². The van der Waals surface area contributed by atoms with E-state index in [2.05, 4.69) is 106 Å². The monoisotopic (exact) mass is 392 g/mol. The average Bonchev–Trinajstić information content (AvgIpc) is 3.19. The Labute approximate surface area is 178 Å². The second kappa shape index (κ2) is 9.12. The number of hydrogen-bond acceptors (Lipinski definition) is 2. The summed E-state index contributed by atoms with van der Waals surface area (Å²) in [5, 5.41) is 1.17. The molecule has 0 aliphatic carbocycles. The first-order valence-corrected chi connectivity index (χ1v) is 10.9. The first kappa shape index (κ1) is 19.5. The fourth-order valence-corrected chi connectivity index (χ4v) is 4.67. The third kappa shape index (κ3) is 4.61. The Morgan fingerprint density at radius 2 is 1.86 bits per heavy atom. The van der Waals surface area contributed by atoms with Crippen molar-refractivity contribution in [2.24, 2.45) is 0 Å². The van der Waals surface area contributed by atoms with Gasteiger partial charge in [-0.2, -0.15) is 0 Å². The number of benzene rings is 3. The van der Waals surface area contributed by atoms with E-state index in [0.717, 1.165) is 23.9 Å². The third-order valence-electron chi connectivity index (χ3n) is 5.04. The van der Waals surface area contributed by atoms with Crippen LogP contribution in [0, 0.1) is 11.8 Å². The lowest BCUT2D eigenvalue weighted by molar-refractivity contribution is 0.798. The first-order chi connectivity index (χ1) is 14.3. The lowest BCUT2D eigenvalue weighted by atomic mass is 9.73. The van der Waals surface area contributed by atoms with Crippen LogP contribution >= 0.6 is 11.3 Å². The predicted molar refractivity (Wildman–Crippen MR) is 126 cm³/mol. The minimum atomic E-state index is 0.233. The van der Waals surface area contributed by atoms with Gasteiger partial charge in [0, 0.05) is 17.9 Å². The van der Waals surface area contributed by atoms with Crippen LogP contribution in [0.5, 0.6) is 0 Å². The quantitative estimate of drug-likeness (QED) is 0.309. The van der Waals surface area contributed by atoms with E-state index in [4.69, 9.17) is 4.98 Å². The van der Waals surface area contributed by atoms with Crippen LogP contribution in [0.1, 0.15) is 41.0 Å². The standard InChI is InChI=1S/C26H23BNS/c1-3-4-9-19-10-8-11-20(16-19)17-23(21-12-6-5-7-13-21)26-28-24-15-14-22(27-2)18-25(24)29-26/h5-8,10-16,18,23H,3,17H2,1-2H3. The molecule has 0 saturated carbocycles. The largest absolute Gasteiger partial charge is 0.241 e. The number of thiazole rings is 1. The van der Waals surface area contributed by atoms with Gasteiger partial charge in [-0.25, -0.2) is 4.98 Å². The molecule has 1 radical (unpaired) electrons. The van der Waals surface area contributed by atoms with Gasteiger partial charge in [-0.15, -0.1) is 11.3 Å². The van der Waals surface area contributed by atoms with E-state index in [0.29, 0.717) is 0 Å². The normalized spacial score (nSPS) is 11.7. The molecule has 1 atom stereocenters. The molecule has 29 heavy (non-hydrogen) atoms. The minimum absolute atomic E-state index is 0.233. The van der Waals surface area contributed by atoms with Gasteiger partial charge in [-0.1, -0.05) is 79.6 Å². The lowest BCUT2D eigenvalue weighted by Gasteiger charge is -2.15. The van der Waals surface area contributed by atoms with Crippen LogP contribution in [0.15, 0.2) is 72.8 Å². The van der Waals surface area contributed by atoms with Gasteiger partial charge in [0.1, 0.15) is 12.3 Å². The van der Waals surface area contributed by atoms with Crippen LogP contribution < -0.4 is 5.46 Å². The SMILES string of the molecule is C[B]c1ccc2nc(C(Cc3cccc(C#CCC)c3)c3ccccc3)sc2c1. The van der Waals surface area contributed by atoms with Crippen molar-refractivity contribution in [1.82, 2.24) is 4.98 Å². The first-order valence-electron chi connectivity index (χ1n) is 10.1. The second-order valence-corrected chi connectivity index (χ2v) is 8.15. The van der Waals surface area contributed by atoms with Crippen molar-refractivity contribution in [2.75, 3.05) is 0 Å². The molecule has 1 aromatic heterocycles. The van der Waals surface area contributed by atoms with Crippen molar-refractivity contribution in [3.05, 3.63) is 94.5 Å². The summed E-state index contributed by atoms with van der Waals surface area (Å²) >= 11 is 1.81. The maximum absolute atomic E-state index is 5.01. The van der Waals surface area contributed by atoms with Crippen molar-refractivity contribution in [3.63, 3.8) is 0 Å². The van der Waals surface area contributed by atoms with E-state index in [1.165, 1.54) is 26.3 Å². The Morgan fingerprint density at radius 3 is 2.66 bits per heavy atom. The van der Waals surface area contributed by atoms with Crippen molar-refractivity contribution < 1.29 is 0 Å². The maximum Gasteiger partial charge on any atom is 0.148 e. The molecular formula is C26H23BNS. The van der Waals surface area contributed by atoms with Crippen LogP contribution in [0.2, 0.25) is 6.82 Å². The fourth-order valence-electron chi connectivity index (χ4n) is 3.52. The summed E-state index contributed by atoms with van der Waals surface area (Å²) in [7, 11) is 2.14. The van der Waals surface area contributed by atoms with Gasteiger partial charge >= 0.3 is 0 Å². The minimum Gasteiger partial charge on any atom is -0.241 e. The van der Waals surface area contributed by atoms with E-state index >= 15 is 0 Å². The third-order valence-corrected chi connectivity index (χ3v) is 6.17. The number of nitrogens with zero attached hydrogens (tertiary/aromatic N) is 1. The molecule has 1 heterocycles. The van der Waals surface area contributed by atoms with E-state index < -0.39 is 0 Å². The van der Waals surface area contributed by atoms with Gasteiger partial charge in [0.05, 0.1) is 10.2 Å². The molecular weight excluding hydrogens is 369 g/mol. The Kier molecular flexibility index (Phi) is 6.13. The summed E-state index contributed by atoms with van der Waals surface area (Å²) in [6.07, 6.45) is 1.79. The molecule has 0 amide bonds. The second-order valence-electron chi connectivity index (χ2n) is 7.09. The van der Waals surface area contributed by atoms with Gasteiger partial charge < -0.3 is 0 Å². The molecule has 3 heteroatoms. The molecule has 0 fully saturated rings. The van der Waals surface area contributed by atoms with Gasteiger partial charge in [0.15, 0.2) is 0 Å². The Balaban J connectivity index is 1.73. The molecule has 0 spiro atoms. The van der Waals surface area contributed by atoms with Crippen LogP contribution in [-0.4, -0.2) is 12.3 Å². The van der Waals surface area contributed by atoms with Gasteiger partial charge in [0.25, 0.3) is 0 Å². The zero-order valence-corrected chi connectivity index (χ0v) is 17.7. The molecule has 1 nitrogen and oxygen atoms in total. The van der Waals surface area contributed by atoms with Crippen molar-refractivity contribution in [3.8, 4) is 11.8 Å².